The van der Waals surface area contributed by atoms with Crippen LogP contribution in [0.5, 0.6) is 0 Å². The molecule has 30 heavy (non-hydrogen) atoms. The number of likely N-dealkylation sites (tertiary alicyclic amines) is 1. The van der Waals surface area contributed by atoms with E-state index >= 15 is 0 Å². The van der Waals surface area contributed by atoms with E-state index in [1.807, 2.05) is 4.90 Å². The Labute approximate surface area is 178 Å². The fourth-order valence-electron chi connectivity index (χ4n) is 3.72. The predicted octanol–water partition coefficient (Wildman–Crippen LogP) is 1.16. The first kappa shape index (κ1) is 22.7. The second-order valence-corrected chi connectivity index (χ2v) is 9.64. The number of carbonyl (C=O) groups excluding carboxylic acids is 2. The smallest absolute Gasteiger partial charge is 0.243 e. The molecule has 0 spiro atoms. The molecular formula is C21H31N3O5S. The molecule has 0 bridgehead atoms. The average Bonchev–Trinajstić information content (AvgIpc) is 2.79. The number of piperidine rings is 1. The number of sulfonamides is 1. The predicted molar refractivity (Wildman–Crippen MR) is 112 cm³/mol. The molecule has 166 valence electrons. The summed E-state index contributed by atoms with van der Waals surface area (Å²) in [5.74, 6) is -0.00137. The maximum absolute atomic E-state index is 12.6. The molecule has 2 aliphatic rings. The van der Waals surface area contributed by atoms with Gasteiger partial charge in [-0.2, -0.15) is 4.31 Å². The van der Waals surface area contributed by atoms with Gasteiger partial charge in [-0.15, -0.1) is 0 Å². The van der Waals surface area contributed by atoms with Gasteiger partial charge in [0.15, 0.2) is 0 Å². The number of ether oxygens (including phenoxy) is 1. The number of hydrogen-bond donors (Lipinski definition) is 1. The molecule has 3 rings (SSSR count). The van der Waals surface area contributed by atoms with Crippen molar-refractivity contribution in [1.82, 2.24) is 14.5 Å². The number of morpholine rings is 1. The Hall–Kier alpha value is -1.97. The summed E-state index contributed by atoms with van der Waals surface area (Å²) < 4.78 is 31.9. The van der Waals surface area contributed by atoms with Gasteiger partial charge in [-0.3, -0.25) is 9.59 Å². The number of carbonyl (C=O) groups is 2. The zero-order valence-corrected chi connectivity index (χ0v) is 18.2. The molecule has 9 heteroatoms. The van der Waals surface area contributed by atoms with Crippen molar-refractivity contribution in [1.29, 1.82) is 0 Å². The quantitative estimate of drug-likeness (QED) is 0.658. The van der Waals surface area contributed by atoms with Crippen molar-refractivity contribution in [3.8, 4) is 0 Å². The van der Waals surface area contributed by atoms with Gasteiger partial charge < -0.3 is 15.0 Å². The van der Waals surface area contributed by atoms with Crippen LogP contribution < -0.4 is 5.32 Å². The molecule has 8 nitrogen and oxygen atoms in total. The molecule has 2 fully saturated rings. The highest BCUT2D eigenvalue weighted by molar-refractivity contribution is 7.89. The van der Waals surface area contributed by atoms with Gasteiger partial charge in [0.25, 0.3) is 0 Å². The summed E-state index contributed by atoms with van der Waals surface area (Å²) >= 11 is 0. The van der Waals surface area contributed by atoms with Crippen LogP contribution in [-0.4, -0.2) is 75.4 Å². The second-order valence-electron chi connectivity index (χ2n) is 7.70. The van der Waals surface area contributed by atoms with Crippen molar-refractivity contribution in [3.63, 3.8) is 0 Å². The first-order valence-electron chi connectivity index (χ1n) is 10.7. The summed E-state index contributed by atoms with van der Waals surface area (Å²) in [4.78, 5) is 26.3. The van der Waals surface area contributed by atoms with Gasteiger partial charge in [-0.05, 0) is 43.4 Å². The van der Waals surface area contributed by atoms with E-state index in [-0.39, 0.29) is 16.7 Å². The van der Waals surface area contributed by atoms with Crippen LogP contribution in [0.4, 0.5) is 0 Å². The molecule has 0 aliphatic carbocycles. The van der Waals surface area contributed by atoms with Crippen molar-refractivity contribution >= 4 is 21.8 Å². The lowest BCUT2D eigenvalue weighted by Crippen LogP contribution is -2.40. The largest absolute Gasteiger partial charge is 0.379 e. The molecule has 2 heterocycles. The first-order valence-corrected chi connectivity index (χ1v) is 12.1. The summed E-state index contributed by atoms with van der Waals surface area (Å²) in [6.07, 6.45) is 4.45. The number of benzene rings is 1. The Bertz CT molecular complexity index is 814. The SMILES string of the molecule is O=C(CCc1ccc(S(=O)(=O)N2CCOCC2)cc1)NCCC(=O)N1CCCCC1. The molecule has 0 aromatic heterocycles. The molecule has 1 aromatic rings. The zero-order chi connectivity index (χ0) is 21.4. The normalized spacial score (nSPS) is 18.2. The molecule has 0 saturated carbocycles. The lowest BCUT2D eigenvalue weighted by molar-refractivity contribution is -0.132. The second kappa shape index (κ2) is 10.9. The molecule has 2 amide bonds. The maximum atomic E-state index is 12.6. The minimum Gasteiger partial charge on any atom is -0.379 e. The van der Waals surface area contributed by atoms with E-state index in [0.29, 0.717) is 52.1 Å². The van der Waals surface area contributed by atoms with Crippen LogP contribution >= 0.6 is 0 Å². The third kappa shape index (κ3) is 6.26. The van der Waals surface area contributed by atoms with Crippen molar-refractivity contribution in [2.45, 2.75) is 43.4 Å². The summed E-state index contributed by atoms with van der Waals surface area (Å²) in [5, 5.41) is 2.80. The molecule has 1 N–H and O–H groups in total. The van der Waals surface area contributed by atoms with E-state index in [1.165, 1.54) is 10.7 Å². The van der Waals surface area contributed by atoms with E-state index in [0.717, 1.165) is 31.5 Å². The van der Waals surface area contributed by atoms with Crippen LogP contribution in [0.3, 0.4) is 0 Å². The van der Waals surface area contributed by atoms with Crippen molar-refractivity contribution in [2.24, 2.45) is 0 Å². The highest BCUT2D eigenvalue weighted by Gasteiger charge is 2.26. The number of nitrogens with zero attached hydrogens (tertiary/aromatic N) is 2. The standard InChI is InChI=1S/C21H31N3O5S/c25-20(22-11-10-21(26)23-12-2-1-3-13-23)9-6-18-4-7-19(8-5-18)30(27,28)24-14-16-29-17-15-24/h4-5,7-8H,1-3,6,9-17H2,(H,22,25). The van der Waals surface area contributed by atoms with Crippen LogP contribution in [0.1, 0.15) is 37.7 Å². The van der Waals surface area contributed by atoms with Gasteiger partial charge in [-0.25, -0.2) is 8.42 Å². The van der Waals surface area contributed by atoms with Gasteiger partial charge in [0.05, 0.1) is 18.1 Å². The van der Waals surface area contributed by atoms with Gasteiger partial charge in [0, 0.05) is 45.6 Å². The number of hydrogen-bond acceptors (Lipinski definition) is 5. The maximum Gasteiger partial charge on any atom is 0.243 e. The molecule has 2 saturated heterocycles. The van der Waals surface area contributed by atoms with Crippen LogP contribution in [0.25, 0.3) is 0 Å². The topological polar surface area (TPSA) is 96.0 Å². The number of rotatable bonds is 8. The van der Waals surface area contributed by atoms with Crippen LogP contribution in [-0.2, 0) is 30.8 Å². The minimum atomic E-state index is -3.50. The fraction of sp³-hybridized carbons (Fsp3) is 0.619. The van der Waals surface area contributed by atoms with Crippen molar-refractivity contribution in [3.05, 3.63) is 29.8 Å². The fourth-order valence-corrected chi connectivity index (χ4v) is 5.13. The van der Waals surface area contributed by atoms with E-state index in [2.05, 4.69) is 5.32 Å². The molecule has 0 radical (unpaired) electrons. The molecule has 0 unspecified atom stereocenters. The van der Waals surface area contributed by atoms with Crippen LogP contribution in [0, 0.1) is 0 Å². The Balaban J connectivity index is 1.40. The summed E-state index contributed by atoms with van der Waals surface area (Å²) in [7, 11) is -3.50. The lowest BCUT2D eigenvalue weighted by atomic mass is 10.1. The Kier molecular flexibility index (Phi) is 8.24. The van der Waals surface area contributed by atoms with E-state index < -0.39 is 10.0 Å². The highest BCUT2D eigenvalue weighted by Crippen LogP contribution is 2.18. The Morgan fingerprint density at radius 3 is 2.27 bits per heavy atom. The molecule has 2 aliphatic heterocycles. The van der Waals surface area contributed by atoms with Gasteiger partial charge in [-0.1, -0.05) is 12.1 Å². The molecule has 1 aromatic carbocycles. The van der Waals surface area contributed by atoms with E-state index in [9.17, 15) is 18.0 Å². The van der Waals surface area contributed by atoms with Crippen molar-refractivity contribution in [2.75, 3.05) is 45.9 Å². The Morgan fingerprint density at radius 1 is 0.933 bits per heavy atom. The molecule has 0 atom stereocenters. The van der Waals surface area contributed by atoms with Crippen molar-refractivity contribution < 1.29 is 22.7 Å². The average molecular weight is 438 g/mol. The molecular weight excluding hydrogens is 406 g/mol. The zero-order valence-electron chi connectivity index (χ0n) is 17.3. The highest BCUT2D eigenvalue weighted by atomic mass is 32.2. The van der Waals surface area contributed by atoms with Gasteiger partial charge in [0.1, 0.15) is 0 Å². The number of nitrogens with one attached hydrogen (secondary N) is 1. The van der Waals surface area contributed by atoms with Crippen LogP contribution in [0.2, 0.25) is 0 Å². The summed E-state index contributed by atoms with van der Waals surface area (Å²) in [6.45, 7) is 3.56. The van der Waals surface area contributed by atoms with Gasteiger partial charge in [0.2, 0.25) is 21.8 Å². The van der Waals surface area contributed by atoms with Crippen LogP contribution in [0.15, 0.2) is 29.2 Å². The van der Waals surface area contributed by atoms with E-state index in [4.69, 9.17) is 4.74 Å². The number of amides is 2. The minimum absolute atomic E-state index is 0.104. The third-order valence-electron chi connectivity index (χ3n) is 5.54. The Morgan fingerprint density at radius 2 is 1.60 bits per heavy atom. The monoisotopic (exact) mass is 437 g/mol. The summed E-state index contributed by atoms with van der Waals surface area (Å²) in [6, 6.07) is 6.69. The third-order valence-corrected chi connectivity index (χ3v) is 7.45. The van der Waals surface area contributed by atoms with E-state index in [1.54, 1.807) is 24.3 Å². The number of aryl methyl sites for hydroxylation is 1. The van der Waals surface area contributed by atoms with Gasteiger partial charge >= 0.3 is 0 Å². The first-order chi connectivity index (χ1) is 14.5. The summed E-state index contributed by atoms with van der Waals surface area (Å²) in [5.41, 5.74) is 0.899. The lowest BCUT2D eigenvalue weighted by Gasteiger charge is -2.26.